The van der Waals surface area contributed by atoms with Crippen LogP contribution in [0.15, 0.2) is 24.3 Å². The number of methoxy groups -OCH3 is 1. The molecule has 9 atom stereocenters. The summed E-state index contributed by atoms with van der Waals surface area (Å²) in [4.78, 5) is 12.1. The molecule has 0 unspecified atom stereocenters. The molecule has 1 aromatic carbocycles. The smallest absolute Gasteiger partial charge is 0.330 e. The minimum atomic E-state index is -2.32. The van der Waals surface area contributed by atoms with Gasteiger partial charge >= 0.3 is 5.97 Å². The number of aliphatic hydroxyl groups excluding tert-OH is 7. The van der Waals surface area contributed by atoms with Crippen LogP contribution in [0.1, 0.15) is 5.56 Å². The first-order valence-corrected chi connectivity index (χ1v) is 10.9. The Hall–Kier alpha value is -2.37. The molecule has 2 saturated heterocycles. The zero-order chi connectivity index (χ0) is 26.6. The largest absolute Gasteiger partial charge is 0.504 e. The second-order valence-electron chi connectivity index (χ2n) is 8.27. The highest BCUT2D eigenvalue weighted by molar-refractivity contribution is 5.87. The summed E-state index contributed by atoms with van der Waals surface area (Å²) in [6.07, 6.45) is -11.1. The molecule has 36 heavy (non-hydrogen) atoms. The molecule has 0 saturated carbocycles. The van der Waals surface area contributed by atoms with Crippen molar-refractivity contribution < 1.29 is 69.3 Å². The zero-order valence-electron chi connectivity index (χ0n) is 19.2. The molecule has 3 rings (SSSR count). The molecule has 0 aliphatic carbocycles. The molecule has 2 heterocycles. The lowest BCUT2D eigenvalue weighted by Gasteiger charge is -2.43. The van der Waals surface area contributed by atoms with Gasteiger partial charge in [0, 0.05) is 6.08 Å². The van der Waals surface area contributed by atoms with Gasteiger partial charge in [0.05, 0.1) is 13.7 Å². The highest BCUT2D eigenvalue weighted by Gasteiger charge is 2.58. The minimum absolute atomic E-state index is 0.0851. The summed E-state index contributed by atoms with van der Waals surface area (Å²) in [5, 5.41) is 79.6. The van der Waals surface area contributed by atoms with Gasteiger partial charge in [-0.15, -0.1) is 0 Å². The summed E-state index contributed by atoms with van der Waals surface area (Å²) < 4.78 is 26.0. The molecule has 14 heteroatoms. The summed E-state index contributed by atoms with van der Waals surface area (Å²) in [6, 6.07) is 4.36. The lowest BCUT2D eigenvalue weighted by Crippen LogP contribution is -2.62. The Labute approximate surface area is 205 Å². The van der Waals surface area contributed by atoms with Crippen LogP contribution in [0.25, 0.3) is 6.08 Å². The number of aliphatic hydroxyl groups is 7. The van der Waals surface area contributed by atoms with E-state index in [1.165, 1.54) is 31.4 Å². The van der Waals surface area contributed by atoms with Crippen molar-refractivity contribution in [1.82, 2.24) is 0 Å². The average molecular weight is 518 g/mol. The average Bonchev–Trinajstić information content (AvgIpc) is 3.12. The van der Waals surface area contributed by atoms with Gasteiger partial charge in [0.2, 0.25) is 5.79 Å². The van der Waals surface area contributed by atoms with Gasteiger partial charge in [0.25, 0.3) is 0 Å². The van der Waals surface area contributed by atoms with Crippen LogP contribution in [-0.4, -0.2) is 129 Å². The summed E-state index contributed by atoms with van der Waals surface area (Å²) in [5.74, 6) is -3.07. The Bertz CT molecular complexity index is 924. The second kappa shape index (κ2) is 11.8. The normalized spacial score (nSPS) is 36.8. The van der Waals surface area contributed by atoms with Gasteiger partial charge in [-0.3, -0.25) is 0 Å². The number of phenolic OH excluding ortho intramolecular Hbond substituents is 1. The Kier molecular flexibility index (Phi) is 9.23. The molecule has 0 radical (unpaired) electrons. The van der Waals surface area contributed by atoms with Crippen molar-refractivity contribution >= 4 is 12.0 Å². The molecule has 0 amide bonds. The maximum Gasteiger partial charge on any atom is 0.330 e. The third kappa shape index (κ3) is 5.78. The number of hydrogen-bond acceptors (Lipinski definition) is 14. The number of phenols is 1. The van der Waals surface area contributed by atoms with Crippen LogP contribution >= 0.6 is 0 Å². The molecule has 1 aromatic rings. The lowest BCUT2D eigenvalue weighted by atomic mass is 9.99. The maximum absolute atomic E-state index is 12.1. The molecule has 8 N–H and O–H groups in total. The third-order valence-electron chi connectivity index (χ3n) is 5.90. The third-order valence-corrected chi connectivity index (χ3v) is 5.90. The number of carbonyl (C=O) groups excluding carboxylic acids is 1. The number of ether oxygens (including phenoxy) is 5. The van der Waals surface area contributed by atoms with E-state index >= 15 is 0 Å². The number of esters is 1. The molecule has 2 fully saturated rings. The predicted octanol–water partition coefficient (Wildman–Crippen LogP) is -3.42. The van der Waals surface area contributed by atoms with E-state index in [9.17, 15) is 45.6 Å². The van der Waals surface area contributed by atoms with E-state index in [1.54, 1.807) is 0 Å². The zero-order valence-corrected chi connectivity index (χ0v) is 19.2. The van der Waals surface area contributed by atoms with Gasteiger partial charge < -0.3 is 64.5 Å². The van der Waals surface area contributed by atoms with Crippen molar-refractivity contribution in [1.29, 1.82) is 0 Å². The highest BCUT2D eigenvalue weighted by Crippen LogP contribution is 2.36. The van der Waals surface area contributed by atoms with Crippen LogP contribution < -0.4 is 4.74 Å². The fourth-order valence-corrected chi connectivity index (χ4v) is 3.79. The Morgan fingerprint density at radius 3 is 2.39 bits per heavy atom. The van der Waals surface area contributed by atoms with Crippen molar-refractivity contribution in [2.75, 3.05) is 26.9 Å². The van der Waals surface area contributed by atoms with Gasteiger partial charge in [0.15, 0.2) is 17.8 Å². The molecule has 14 nitrogen and oxygen atoms in total. The number of aromatic hydroxyl groups is 1. The van der Waals surface area contributed by atoms with Crippen LogP contribution in [-0.2, 0) is 23.7 Å². The first kappa shape index (κ1) is 28.2. The predicted molar refractivity (Wildman–Crippen MR) is 116 cm³/mol. The highest BCUT2D eigenvalue weighted by atomic mass is 16.8. The standard InChI is InChI=1S/C22H30O14/c1-32-12-6-10(2-4-11(12)25)3-5-15(26)33-8-14-16(27)18(29)19(30)21(34-14)36-22(9-24)20(31)17(28)13(7-23)35-22/h2-6,13-14,16-21,23-25,27-31H,7-9H2,1H3/b5-3+/t13-,14+,16+,17-,18-,19+,20+,21-,22+/m1/s1. The van der Waals surface area contributed by atoms with Crippen molar-refractivity contribution in [3.05, 3.63) is 29.8 Å². The van der Waals surface area contributed by atoms with Crippen molar-refractivity contribution in [3.63, 3.8) is 0 Å². The monoisotopic (exact) mass is 518 g/mol. The van der Waals surface area contributed by atoms with E-state index < -0.39 is 80.6 Å². The van der Waals surface area contributed by atoms with Crippen LogP contribution in [0.2, 0.25) is 0 Å². The second-order valence-corrected chi connectivity index (χ2v) is 8.27. The minimum Gasteiger partial charge on any atom is -0.504 e. The van der Waals surface area contributed by atoms with Crippen molar-refractivity contribution in [2.24, 2.45) is 0 Å². The molecular formula is C22H30O14. The van der Waals surface area contributed by atoms with E-state index in [2.05, 4.69) is 0 Å². The fraction of sp³-hybridized carbons (Fsp3) is 0.591. The first-order valence-electron chi connectivity index (χ1n) is 10.9. The van der Waals surface area contributed by atoms with Gasteiger partial charge in [-0.05, 0) is 23.8 Å². The van der Waals surface area contributed by atoms with E-state index in [0.717, 1.165) is 6.08 Å². The summed E-state index contributed by atoms with van der Waals surface area (Å²) >= 11 is 0. The number of hydrogen-bond donors (Lipinski definition) is 8. The molecule has 202 valence electrons. The molecule has 0 aromatic heterocycles. The molecule has 0 spiro atoms. The van der Waals surface area contributed by atoms with Crippen LogP contribution in [0.4, 0.5) is 0 Å². The van der Waals surface area contributed by atoms with Crippen LogP contribution in [0, 0.1) is 0 Å². The van der Waals surface area contributed by atoms with Crippen molar-refractivity contribution in [3.8, 4) is 11.5 Å². The van der Waals surface area contributed by atoms with Gasteiger partial charge in [-0.2, -0.15) is 0 Å². The maximum atomic E-state index is 12.1. The Morgan fingerprint density at radius 2 is 1.78 bits per heavy atom. The number of rotatable bonds is 9. The first-order chi connectivity index (χ1) is 17.1. The van der Waals surface area contributed by atoms with Crippen molar-refractivity contribution in [2.45, 2.75) is 54.8 Å². The van der Waals surface area contributed by atoms with E-state index in [1.807, 2.05) is 0 Å². The van der Waals surface area contributed by atoms with Gasteiger partial charge in [-0.25, -0.2) is 4.79 Å². The number of carbonyl (C=O) groups is 1. The lowest BCUT2D eigenvalue weighted by molar-refractivity contribution is -0.383. The molecule has 0 bridgehead atoms. The summed E-state index contributed by atoms with van der Waals surface area (Å²) in [7, 11) is 1.36. The SMILES string of the molecule is COc1cc(/C=C/C(=O)OC[C@@H]2O[C@H](O[C@]3(CO)O[C@H](CO)[C@@H](O)[C@@H]3O)[C@@H](O)[C@H](O)[C@H]2O)ccc1O. The van der Waals surface area contributed by atoms with Gasteiger partial charge in [0.1, 0.15) is 55.9 Å². The number of benzene rings is 1. The summed E-state index contributed by atoms with van der Waals surface area (Å²) in [6.45, 7) is -2.34. The van der Waals surface area contributed by atoms with Crippen LogP contribution in [0.5, 0.6) is 11.5 Å². The Balaban J connectivity index is 1.64. The topological polar surface area (TPSA) is 225 Å². The molecular weight excluding hydrogens is 488 g/mol. The molecule has 2 aliphatic rings. The van der Waals surface area contributed by atoms with Crippen LogP contribution in [0.3, 0.4) is 0 Å². The fourth-order valence-electron chi connectivity index (χ4n) is 3.79. The molecule has 2 aliphatic heterocycles. The Morgan fingerprint density at radius 1 is 1.06 bits per heavy atom. The van der Waals surface area contributed by atoms with E-state index in [0.29, 0.717) is 5.56 Å². The quantitative estimate of drug-likeness (QED) is 0.118. The summed E-state index contributed by atoms with van der Waals surface area (Å²) in [5.41, 5.74) is 0.510. The van der Waals surface area contributed by atoms with E-state index in [4.69, 9.17) is 23.7 Å². The van der Waals surface area contributed by atoms with E-state index in [-0.39, 0.29) is 11.5 Å². The van der Waals surface area contributed by atoms with Gasteiger partial charge in [-0.1, -0.05) is 6.07 Å².